The quantitative estimate of drug-likeness (QED) is 0.636. The summed E-state index contributed by atoms with van der Waals surface area (Å²) in [5.74, 6) is -1.94. The minimum absolute atomic E-state index is 0.331. The number of thioether (sulfide) groups is 1. The van der Waals surface area contributed by atoms with Crippen molar-refractivity contribution in [3.63, 3.8) is 0 Å². The van der Waals surface area contributed by atoms with E-state index in [1.54, 1.807) is 0 Å². The molecular weight excluding hydrogens is 298 g/mol. The van der Waals surface area contributed by atoms with Crippen molar-refractivity contribution in [2.75, 3.05) is 0 Å². The van der Waals surface area contributed by atoms with Gasteiger partial charge in [-0.1, -0.05) is 23.9 Å². The molecule has 1 aliphatic rings. The van der Waals surface area contributed by atoms with Crippen LogP contribution in [0.3, 0.4) is 0 Å². The molecule has 1 aromatic heterocycles. The maximum absolute atomic E-state index is 11.8. The summed E-state index contributed by atoms with van der Waals surface area (Å²) in [6.45, 7) is 1.31. The molecule has 102 valence electrons. The van der Waals surface area contributed by atoms with Gasteiger partial charge in [0.25, 0.3) is 5.78 Å². The Balaban J connectivity index is 1.90. The molecule has 0 bridgehead atoms. The second-order valence-electron chi connectivity index (χ2n) is 4.29. The van der Waals surface area contributed by atoms with Crippen LogP contribution in [0.1, 0.15) is 6.92 Å². The number of thiazole rings is 1. The lowest BCUT2D eigenvalue weighted by atomic mass is 10.1. The maximum Gasteiger partial charge on any atom is 0.376 e. The Labute approximate surface area is 122 Å². The van der Waals surface area contributed by atoms with Gasteiger partial charge in [0.15, 0.2) is 16.2 Å². The highest BCUT2D eigenvalue weighted by atomic mass is 32.2. The molecule has 1 aromatic carbocycles. The van der Waals surface area contributed by atoms with E-state index in [4.69, 9.17) is 4.74 Å². The molecule has 2 atom stereocenters. The van der Waals surface area contributed by atoms with Crippen molar-refractivity contribution < 1.29 is 19.1 Å². The van der Waals surface area contributed by atoms with E-state index in [1.165, 1.54) is 18.3 Å². The van der Waals surface area contributed by atoms with E-state index in [9.17, 15) is 14.4 Å². The monoisotopic (exact) mass is 307 g/mol. The summed E-state index contributed by atoms with van der Waals surface area (Å²) >= 11 is 2.54. The molecule has 1 saturated heterocycles. The largest absolute Gasteiger partial charge is 0.447 e. The first-order valence-electron chi connectivity index (χ1n) is 5.84. The SMILES string of the molecule is CC(=O)C1OC(=O)C(=O)C1Sc1nc2ccccc2s1. The van der Waals surface area contributed by atoms with Crippen LogP contribution in [0.15, 0.2) is 28.6 Å². The zero-order valence-electron chi connectivity index (χ0n) is 10.4. The summed E-state index contributed by atoms with van der Waals surface area (Å²) in [4.78, 5) is 38.9. The number of hydrogen-bond donors (Lipinski definition) is 0. The normalized spacial score (nSPS) is 22.2. The molecule has 5 nitrogen and oxygen atoms in total. The van der Waals surface area contributed by atoms with Crippen molar-refractivity contribution in [3.8, 4) is 0 Å². The minimum atomic E-state index is -1.01. The fraction of sp³-hybridized carbons (Fsp3) is 0.231. The molecule has 2 unspecified atom stereocenters. The molecule has 2 heterocycles. The Kier molecular flexibility index (Phi) is 3.31. The Bertz CT molecular complexity index is 691. The predicted molar refractivity (Wildman–Crippen MR) is 74.8 cm³/mol. The fourth-order valence-electron chi connectivity index (χ4n) is 1.91. The number of Topliss-reactive ketones (excluding diaryl/α,β-unsaturated/α-hetero) is 2. The van der Waals surface area contributed by atoms with E-state index in [-0.39, 0.29) is 5.78 Å². The third kappa shape index (κ3) is 2.23. The number of ether oxygens (including phenoxy) is 1. The number of fused-ring (bicyclic) bond motifs is 1. The highest BCUT2D eigenvalue weighted by molar-refractivity contribution is 8.02. The van der Waals surface area contributed by atoms with Gasteiger partial charge in [0.1, 0.15) is 5.25 Å². The molecule has 0 spiro atoms. The zero-order chi connectivity index (χ0) is 14.3. The predicted octanol–water partition coefficient (Wildman–Crippen LogP) is 1.84. The van der Waals surface area contributed by atoms with Crippen LogP contribution >= 0.6 is 23.1 Å². The number of hydrogen-bond acceptors (Lipinski definition) is 7. The summed E-state index contributed by atoms with van der Waals surface area (Å²) < 4.78 is 6.45. The van der Waals surface area contributed by atoms with Crippen molar-refractivity contribution in [1.82, 2.24) is 4.98 Å². The van der Waals surface area contributed by atoms with E-state index in [1.807, 2.05) is 24.3 Å². The Hall–Kier alpha value is -1.73. The van der Waals surface area contributed by atoms with Crippen LogP contribution in [0.4, 0.5) is 0 Å². The van der Waals surface area contributed by atoms with Crippen molar-refractivity contribution in [1.29, 1.82) is 0 Å². The molecular formula is C13H9NO4S2. The van der Waals surface area contributed by atoms with Crippen molar-refractivity contribution in [2.45, 2.75) is 22.6 Å². The van der Waals surface area contributed by atoms with Crippen LogP contribution in [0.5, 0.6) is 0 Å². The smallest absolute Gasteiger partial charge is 0.376 e. The van der Waals surface area contributed by atoms with Crippen LogP contribution in [0.2, 0.25) is 0 Å². The molecule has 0 N–H and O–H groups in total. The molecule has 0 aliphatic carbocycles. The van der Waals surface area contributed by atoms with Gasteiger partial charge in [0.2, 0.25) is 0 Å². The van der Waals surface area contributed by atoms with Gasteiger partial charge in [0, 0.05) is 0 Å². The molecule has 0 amide bonds. The fourth-order valence-corrected chi connectivity index (χ4v) is 4.32. The number of rotatable bonds is 3. The Morgan fingerprint density at radius 2 is 2.10 bits per heavy atom. The molecule has 1 fully saturated rings. The van der Waals surface area contributed by atoms with Gasteiger partial charge < -0.3 is 4.74 Å². The van der Waals surface area contributed by atoms with Crippen LogP contribution in [-0.4, -0.2) is 33.9 Å². The van der Waals surface area contributed by atoms with Gasteiger partial charge >= 0.3 is 5.97 Å². The summed E-state index contributed by atoms with van der Waals surface area (Å²) in [7, 11) is 0. The average molecular weight is 307 g/mol. The molecule has 20 heavy (non-hydrogen) atoms. The third-order valence-electron chi connectivity index (χ3n) is 2.87. The minimum Gasteiger partial charge on any atom is -0.447 e. The highest BCUT2D eigenvalue weighted by Crippen LogP contribution is 2.36. The second-order valence-corrected chi connectivity index (χ2v) is 6.71. The lowest BCUT2D eigenvalue weighted by molar-refractivity contribution is -0.151. The first-order valence-corrected chi connectivity index (χ1v) is 7.53. The topological polar surface area (TPSA) is 73.3 Å². The lowest BCUT2D eigenvalue weighted by Gasteiger charge is -2.10. The van der Waals surface area contributed by atoms with E-state index in [0.29, 0.717) is 4.34 Å². The first kappa shape index (κ1) is 13.3. The number of carbonyl (C=O) groups excluding carboxylic acids is 3. The molecule has 2 aromatic rings. The number of carbonyl (C=O) groups is 3. The second kappa shape index (κ2) is 4.99. The third-order valence-corrected chi connectivity index (χ3v) is 5.25. The van der Waals surface area contributed by atoms with Crippen LogP contribution in [-0.2, 0) is 19.1 Å². The molecule has 0 radical (unpaired) electrons. The zero-order valence-corrected chi connectivity index (χ0v) is 12.0. The number of esters is 1. The average Bonchev–Trinajstić information content (AvgIpc) is 2.94. The standard InChI is InChI=1S/C13H9NO4S2/c1-6(15)10-11(9(16)12(17)18-10)20-13-14-7-4-2-3-5-8(7)19-13/h2-5,10-11H,1H3. The number of aromatic nitrogens is 1. The number of cyclic esters (lactones) is 1. The van der Waals surface area contributed by atoms with Crippen LogP contribution < -0.4 is 0 Å². The maximum atomic E-state index is 11.8. The van der Waals surface area contributed by atoms with E-state index >= 15 is 0 Å². The lowest BCUT2D eigenvalue weighted by Crippen LogP contribution is -2.29. The Morgan fingerprint density at radius 1 is 1.35 bits per heavy atom. The van der Waals surface area contributed by atoms with E-state index < -0.39 is 23.1 Å². The highest BCUT2D eigenvalue weighted by Gasteiger charge is 2.47. The number of para-hydroxylation sites is 1. The number of benzene rings is 1. The van der Waals surface area contributed by atoms with Crippen molar-refractivity contribution in [3.05, 3.63) is 24.3 Å². The van der Waals surface area contributed by atoms with Gasteiger partial charge in [0.05, 0.1) is 10.2 Å². The van der Waals surface area contributed by atoms with Crippen LogP contribution in [0, 0.1) is 0 Å². The van der Waals surface area contributed by atoms with Gasteiger partial charge in [-0.15, -0.1) is 11.3 Å². The molecule has 0 saturated carbocycles. The van der Waals surface area contributed by atoms with Gasteiger partial charge in [-0.3, -0.25) is 9.59 Å². The van der Waals surface area contributed by atoms with Gasteiger partial charge in [-0.2, -0.15) is 0 Å². The van der Waals surface area contributed by atoms with E-state index in [2.05, 4.69) is 4.98 Å². The summed E-state index contributed by atoms with van der Waals surface area (Å²) in [6, 6.07) is 7.58. The Morgan fingerprint density at radius 3 is 2.80 bits per heavy atom. The van der Waals surface area contributed by atoms with Crippen LogP contribution in [0.25, 0.3) is 10.2 Å². The van der Waals surface area contributed by atoms with Gasteiger partial charge in [-0.25, -0.2) is 9.78 Å². The molecule has 1 aliphatic heterocycles. The first-order chi connectivity index (χ1) is 9.56. The number of nitrogens with zero attached hydrogens (tertiary/aromatic N) is 1. The number of ketones is 2. The summed E-state index contributed by atoms with van der Waals surface area (Å²) in [5, 5.41) is -0.833. The molecule has 7 heteroatoms. The molecule has 3 rings (SSSR count). The van der Waals surface area contributed by atoms with Crippen molar-refractivity contribution >= 4 is 50.9 Å². The van der Waals surface area contributed by atoms with Crippen molar-refractivity contribution in [2.24, 2.45) is 0 Å². The van der Waals surface area contributed by atoms with E-state index in [0.717, 1.165) is 22.0 Å². The summed E-state index contributed by atoms with van der Waals surface area (Å²) in [6.07, 6.45) is -1.01. The summed E-state index contributed by atoms with van der Waals surface area (Å²) in [5.41, 5.74) is 0.831. The van der Waals surface area contributed by atoms with Gasteiger partial charge in [-0.05, 0) is 19.1 Å².